The summed E-state index contributed by atoms with van der Waals surface area (Å²) in [6.45, 7) is 11.0. The lowest BCUT2D eigenvalue weighted by Gasteiger charge is -2.34. The van der Waals surface area contributed by atoms with Crippen LogP contribution in [0.4, 0.5) is 8.78 Å². The Morgan fingerprint density at radius 1 is 1.22 bits per heavy atom. The largest absolute Gasteiger partial charge is 0.459 e. The molecule has 1 heterocycles. The van der Waals surface area contributed by atoms with E-state index in [1.807, 2.05) is 19.9 Å². The number of carbonyl (C=O) groups is 1. The van der Waals surface area contributed by atoms with Crippen LogP contribution >= 0.6 is 23.2 Å². The van der Waals surface area contributed by atoms with E-state index in [4.69, 9.17) is 27.9 Å². The minimum atomic E-state index is -1.67. The van der Waals surface area contributed by atoms with Crippen molar-refractivity contribution in [1.29, 1.82) is 5.26 Å². The van der Waals surface area contributed by atoms with Crippen LogP contribution in [0.1, 0.15) is 58.6 Å². The SMILES string of the molecule is CC(C)=CCN1C(C(=O)OC(C)(C)C)[C@H](c2cccc(Cl)c2F)[C@@](C#N)(c2ccc(Cl)cc2F)C1C. The van der Waals surface area contributed by atoms with E-state index < -0.39 is 46.6 Å². The molecule has 0 radical (unpaired) electrons. The Balaban J connectivity index is 2.41. The number of rotatable bonds is 5. The monoisotopic (exact) mass is 534 g/mol. The van der Waals surface area contributed by atoms with Crippen molar-refractivity contribution in [3.8, 4) is 6.07 Å². The number of allylic oxidation sites excluding steroid dienone is 1. The topological polar surface area (TPSA) is 53.3 Å². The summed E-state index contributed by atoms with van der Waals surface area (Å²) in [6, 6.07) is 8.95. The highest BCUT2D eigenvalue weighted by Gasteiger charge is 2.63. The first-order chi connectivity index (χ1) is 16.7. The van der Waals surface area contributed by atoms with Crippen molar-refractivity contribution >= 4 is 29.2 Å². The second-order valence-electron chi connectivity index (χ2n) is 10.4. The number of benzene rings is 2. The summed E-state index contributed by atoms with van der Waals surface area (Å²) in [5.41, 5.74) is -1.45. The van der Waals surface area contributed by atoms with E-state index in [0.717, 1.165) is 11.6 Å². The van der Waals surface area contributed by atoms with Gasteiger partial charge >= 0.3 is 5.97 Å². The quantitative estimate of drug-likeness (QED) is 0.300. The van der Waals surface area contributed by atoms with Gasteiger partial charge in [-0.2, -0.15) is 5.26 Å². The third-order valence-corrected chi connectivity index (χ3v) is 7.08. The average molecular weight is 535 g/mol. The summed E-state index contributed by atoms with van der Waals surface area (Å²) >= 11 is 12.2. The highest BCUT2D eigenvalue weighted by Crippen LogP contribution is 2.54. The van der Waals surface area contributed by atoms with Gasteiger partial charge in [0.2, 0.25) is 0 Å². The Morgan fingerprint density at radius 3 is 2.44 bits per heavy atom. The molecule has 2 aromatic rings. The second-order valence-corrected chi connectivity index (χ2v) is 11.2. The van der Waals surface area contributed by atoms with Gasteiger partial charge in [-0.1, -0.05) is 53.1 Å². The molecule has 0 aliphatic carbocycles. The molecular weight excluding hydrogens is 505 g/mol. The van der Waals surface area contributed by atoms with Crippen LogP contribution in [0, 0.1) is 23.0 Å². The lowest BCUT2D eigenvalue weighted by molar-refractivity contribution is -0.161. The zero-order valence-electron chi connectivity index (χ0n) is 21.2. The molecule has 4 atom stereocenters. The molecule has 4 nitrogen and oxygen atoms in total. The molecule has 1 saturated heterocycles. The summed E-state index contributed by atoms with van der Waals surface area (Å²) in [5, 5.41) is 10.8. The van der Waals surface area contributed by atoms with E-state index in [0.29, 0.717) is 0 Å². The molecule has 2 unspecified atom stereocenters. The lowest BCUT2D eigenvalue weighted by atomic mass is 9.65. The fourth-order valence-electron chi connectivity index (χ4n) is 5.01. The van der Waals surface area contributed by atoms with Crippen molar-refractivity contribution in [2.75, 3.05) is 6.54 Å². The first-order valence-electron chi connectivity index (χ1n) is 11.7. The maximum atomic E-state index is 15.6. The Labute approximate surface area is 221 Å². The van der Waals surface area contributed by atoms with Crippen LogP contribution in [0.15, 0.2) is 48.0 Å². The Kier molecular flexibility index (Phi) is 8.20. The predicted molar refractivity (Wildman–Crippen MR) is 138 cm³/mol. The molecule has 3 rings (SSSR count). The summed E-state index contributed by atoms with van der Waals surface area (Å²) in [7, 11) is 0. The molecule has 36 heavy (non-hydrogen) atoms. The van der Waals surface area contributed by atoms with Crippen LogP contribution in [-0.2, 0) is 14.9 Å². The molecular formula is C28H30Cl2F2N2O2. The van der Waals surface area contributed by atoms with Gasteiger partial charge in [0.25, 0.3) is 0 Å². The van der Waals surface area contributed by atoms with Crippen molar-refractivity contribution < 1.29 is 18.3 Å². The van der Waals surface area contributed by atoms with Gasteiger partial charge < -0.3 is 4.74 Å². The van der Waals surface area contributed by atoms with Crippen LogP contribution in [0.3, 0.4) is 0 Å². The number of ether oxygens (including phenoxy) is 1. The van der Waals surface area contributed by atoms with E-state index in [-0.39, 0.29) is 27.7 Å². The molecule has 0 bridgehead atoms. The van der Waals surface area contributed by atoms with Crippen molar-refractivity contribution in [2.45, 2.75) is 70.6 Å². The van der Waals surface area contributed by atoms with Crippen LogP contribution < -0.4 is 0 Å². The van der Waals surface area contributed by atoms with Gasteiger partial charge in [0.1, 0.15) is 28.7 Å². The van der Waals surface area contributed by atoms with Gasteiger partial charge in [-0.3, -0.25) is 9.69 Å². The summed E-state index contributed by atoms with van der Waals surface area (Å²) in [6.07, 6.45) is 1.91. The summed E-state index contributed by atoms with van der Waals surface area (Å²) in [5.74, 6) is -3.24. The van der Waals surface area contributed by atoms with Crippen LogP contribution in [0.2, 0.25) is 10.0 Å². The minimum Gasteiger partial charge on any atom is -0.459 e. The van der Waals surface area contributed by atoms with E-state index in [9.17, 15) is 10.1 Å². The molecule has 192 valence electrons. The van der Waals surface area contributed by atoms with Gasteiger partial charge in [0.05, 0.1) is 11.1 Å². The van der Waals surface area contributed by atoms with Crippen molar-refractivity contribution in [2.24, 2.45) is 0 Å². The number of nitrogens with zero attached hydrogens (tertiary/aromatic N) is 2. The normalized spacial score (nSPS) is 24.3. The number of likely N-dealkylation sites (tertiary alicyclic amines) is 1. The Bertz CT molecular complexity index is 1230. The lowest BCUT2D eigenvalue weighted by Crippen LogP contribution is -2.45. The fourth-order valence-corrected chi connectivity index (χ4v) is 5.35. The molecule has 8 heteroatoms. The molecule has 0 aromatic heterocycles. The van der Waals surface area contributed by atoms with E-state index in [1.54, 1.807) is 38.7 Å². The average Bonchev–Trinajstić information content (AvgIpc) is 3.01. The predicted octanol–water partition coefficient (Wildman–Crippen LogP) is 7.20. The van der Waals surface area contributed by atoms with Crippen molar-refractivity contribution in [3.05, 3.63) is 80.9 Å². The van der Waals surface area contributed by atoms with Crippen molar-refractivity contribution in [1.82, 2.24) is 4.90 Å². The molecule has 2 aromatic carbocycles. The standard InChI is InChI=1S/C28H30Cl2F2N2O2/c1-16(2)12-13-34-17(3)28(15-33,20-11-10-18(29)14-22(20)31)23(19-8-7-9-21(30)24(19)32)25(34)26(35)36-27(4,5)6/h7-12,14,17,23,25H,13H2,1-6H3/t17?,23-,25?,28+/m0/s1. The third kappa shape index (κ3) is 5.16. The number of hydrogen-bond acceptors (Lipinski definition) is 4. The fraction of sp³-hybridized carbons (Fsp3) is 0.429. The second kappa shape index (κ2) is 10.5. The van der Waals surface area contributed by atoms with Crippen LogP contribution in [-0.4, -0.2) is 35.1 Å². The van der Waals surface area contributed by atoms with Crippen LogP contribution in [0.5, 0.6) is 0 Å². The first kappa shape index (κ1) is 28.1. The number of hydrogen-bond donors (Lipinski definition) is 0. The summed E-state index contributed by atoms with van der Waals surface area (Å²) < 4.78 is 36.9. The highest BCUT2D eigenvalue weighted by molar-refractivity contribution is 6.31. The molecule has 1 fully saturated rings. The van der Waals surface area contributed by atoms with Gasteiger partial charge in [0, 0.05) is 29.1 Å². The smallest absolute Gasteiger partial charge is 0.324 e. The zero-order valence-corrected chi connectivity index (χ0v) is 22.7. The number of carbonyl (C=O) groups excluding carboxylic acids is 1. The first-order valence-corrected chi connectivity index (χ1v) is 12.4. The molecule has 0 amide bonds. The van der Waals surface area contributed by atoms with E-state index >= 15 is 8.78 Å². The minimum absolute atomic E-state index is 0.0273. The molecule has 1 aliphatic heterocycles. The van der Waals surface area contributed by atoms with E-state index in [1.165, 1.54) is 24.3 Å². The molecule has 0 N–H and O–H groups in total. The Morgan fingerprint density at radius 2 is 1.89 bits per heavy atom. The number of nitriles is 1. The van der Waals surface area contributed by atoms with Crippen LogP contribution in [0.25, 0.3) is 0 Å². The zero-order chi connectivity index (χ0) is 27.0. The number of halogens is 4. The highest BCUT2D eigenvalue weighted by atomic mass is 35.5. The summed E-state index contributed by atoms with van der Waals surface area (Å²) in [4.78, 5) is 15.5. The van der Waals surface area contributed by atoms with E-state index in [2.05, 4.69) is 6.07 Å². The molecule has 0 spiro atoms. The molecule has 0 saturated carbocycles. The Hall–Kier alpha value is -2.46. The van der Waals surface area contributed by atoms with Gasteiger partial charge in [-0.05, 0) is 65.3 Å². The molecule has 1 aliphatic rings. The van der Waals surface area contributed by atoms with Gasteiger partial charge in [-0.15, -0.1) is 0 Å². The maximum absolute atomic E-state index is 15.6. The van der Waals surface area contributed by atoms with Gasteiger partial charge in [-0.25, -0.2) is 8.78 Å². The third-order valence-electron chi connectivity index (χ3n) is 6.56. The number of esters is 1. The maximum Gasteiger partial charge on any atom is 0.324 e. The van der Waals surface area contributed by atoms with Crippen molar-refractivity contribution in [3.63, 3.8) is 0 Å². The van der Waals surface area contributed by atoms with Gasteiger partial charge in [0.15, 0.2) is 0 Å².